The first-order chi connectivity index (χ1) is 14.1. The minimum Gasteiger partial charge on any atom is -0.320 e. The van der Waals surface area contributed by atoms with Crippen LogP contribution in [-0.4, -0.2) is 38.8 Å². The van der Waals surface area contributed by atoms with Gasteiger partial charge in [-0.2, -0.15) is 23.5 Å². The largest absolute Gasteiger partial charge is 0.413 e. The third-order valence-electron chi connectivity index (χ3n) is 5.30. The third-order valence-corrected chi connectivity index (χ3v) is 5.30. The first-order valence-corrected chi connectivity index (χ1v) is 9.75. The van der Waals surface area contributed by atoms with Crippen molar-refractivity contribution in [3.63, 3.8) is 0 Å². The molecule has 1 aromatic carbocycles. The molecule has 1 aliphatic carbocycles. The fourth-order valence-corrected chi connectivity index (χ4v) is 3.65. The first kappa shape index (κ1) is 21.8. The van der Waals surface area contributed by atoms with E-state index in [1.54, 1.807) is 24.5 Å². The maximum absolute atomic E-state index is 14.3. The molecule has 2 aromatic rings. The van der Waals surface area contributed by atoms with E-state index in [0.717, 1.165) is 5.56 Å². The van der Waals surface area contributed by atoms with Gasteiger partial charge in [0.1, 0.15) is 5.54 Å². The number of hydrogen-bond donors (Lipinski definition) is 2. The van der Waals surface area contributed by atoms with Gasteiger partial charge in [0.2, 0.25) is 5.91 Å². The van der Waals surface area contributed by atoms with Crippen LogP contribution < -0.4 is 5.73 Å². The van der Waals surface area contributed by atoms with E-state index in [9.17, 15) is 23.2 Å². The van der Waals surface area contributed by atoms with Crippen LogP contribution in [0.2, 0.25) is 0 Å². The van der Waals surface area contributed by atoms with Gasteiger partial charge in [-0.1, -0.05) is 38.1 Å². The molecule has 30 heavy (non-hydrogen) atoms. The summed E-state index contributed by atoms with van der Waals surface area (Å²) < 4.78 is 42.8. The maximum atomic E-state index is 14.3. The van der Waals surface area contributed by atoms with Crippen molar-refractivity contribution in [2.24, 2.45) is 11.7 Å². The number of rotatable bonds is 7. The van der Waals surface area contributed by atoms with Gasteiger partial charge in [-0.3, -0.25) is 9.89 Å². The highest BCUT2D eigenvalue weighted by Crippen LogP contribution is 2.50. The zero-order valence-corrected chi connectivity index (χ0v) is 16.8. The summed E-state index contributed by atoms with van der Waals surface area (Å²) in [7, 11) is 0. The molecule has 6 nitrogen and oxygen atoms in total. The van der Waals surface area contributed by atoms with Crippen LogP contribution in [0.15, 0.2) is 36.7 Å². The number of nitrogens with one attached hydrogen (secondary N) is 1. The number of aromatic amines is 1. The minimum absolute atomic E-state index is 0.0293. The number of aromatic nitrogens is 2. The lowest BCUT2D eigenvalue weighted by Crippen LogP contribution is -2.54. The van der Waals surface area contributed by atoms with Crippen LogP contribution in [0, 0.1) is 17.2 Å². The molecule has 1 aromatic heterocycles. The Balaban J connectivity index is 2.03. The zero-order chi connectivity index (χ0) is 22.1. The molecule has 1 amide bonds. The van der Waals surface area contributed by atoms with Crippen molar-refractivity contribution >= 4 is 5.91 Å². The van der Waals surface area contributed by atoms with E-state index in [0.29, 0.717) is 10.5 Å². The van der Waals surface area contributed by atoms with Gasteiger partial charge >= 0.3 is 6.18 Å². The predicted molar refractivity (Wildman–Crippen MR) is 105 cm³/mol. The van der Waals surface area contributed by atoms with Gasteiger partial charge in [0.25, 0.3) is 0 Å². The third kappa shape index (κ3) is 4.33. The van der Waals surface area contributed by atoms with Gasteiger partial charge in [0, 0.05) is 11.8 Å². The Kier molecular flexibility index (Phi) is 5.90. The Bertz CT molecular complexity index is 912. The van der Waals surface area contributed by atoms with Crippen LogP contribution in [0.5, 0.6) is 0 Å². The van der Waals surface area contributed by atoms with Crippen molar-refractivity contribution in [2.75, 3.05) is 0 Å². The van der Waals surface area contributed by atoms with Gasteiger partial charge in [-0.15, -0.1) is 0 Å². The fourth-order valence-electron chi connectivity index (χ4n) is 3.65. The lowest BCUT2D eigenvalue weighted by molar-refractivity contribution is -0.197. The minimum atomic E-state index is -4.77. The molecular formula is C21H24F3N5O. The topological polar surface area (TPSA) is 98.8 Å². The molecule has 0 unspecified atom stereocenters. The summed E-state index contributed by atoms with van der Waals surface area (Å²) in [6, 6.07) is 4.34. The normalized spacial score (nSPS) is 17.3. The van der Waals surface area contributed by atoms with Crippen molar-refractivity contribution < 1.29 is 18.0 Å². The number of carbonyl (C=O) groups excluding carboxylic acids is 1. The van der Waals surface area contributed by atoms with Gasteiger partial charge < -0.3 is 10.6 Å². The number of alkyl halides is 3. The van der Waals surface area contributed by atoms with E-state index >= 15 is 0 Å². The molecule has 1 saturated carbocycles. The number of halogens is 3. The van der Waals surface area contributed by atoms with E-state index in [1.807, 2.05) is 19.9 Å². The molecular weight excluding hydrogens is 395 g/mol. The number of nitrogens with two attached hydrogens (primary N) is 1. The molecule has 9 heteroatoms. The lowest BCUT2D eigenvalue weighted by Gasteiger charge is -2.38. The Morgan fingerprint density at radius 1 is 1.30 bits per heavy atom. The molecule has 2 atom stereocenters. The quantitative estimate of drug-likeness (QED) is 0.710. The van der Waals surface area contributed by atoms with Crippen LogP contribution in [0.1, 0.15) is 44.7 Å². The average Bonchev–Trinajstić information content (AvgIpc) is 3.27. The second-order valence-corrected chi connectivity index (χ2v) is 8.14. The van der Waals surface area contributed by atoms with Gasteiger partial charge in [-0.05, 0) is 36.3 Å². The molecule has 3 N–H and O–H groups in total. The number of nitriles is 1. The molecule has 1 heterocycles. The summed E-state index contributed by atoms with van der Waals surface area (Å²) >= 11 is 0. The highest BCUT2D eigenvalue weighted by Gasteiger charge is 2.60. The number of amides is 1. The van der Waals surface area contributed by atoms with E-state index in [-0.39, 0.29) is 30.7 Å². The number of nitrogens with zero attached hydrogens (tertiary/aromatic N) is 3. The highest BCUT2D eigenvalue weighted by atomic mass is 19.4. The standard InChI is InChI=1S/C21H24F3N5O/c1-13(2)9-17(26)19(30)29(20(12-25)7-8-20)18(21(22,23)24)15-5-3-14(4-6-15)16-10-27-28-11-16/h3-6,10-11,13,17-18H,7-9,26H2,1-2H3,(H,27,28)/t17-,18-/m0/s1. The van der Waals surface area contributed by atoms with Gasteiger partial charge in [0.15, 0.2) is 6.04 Å². The van der Waals surface area contributed by atoms with Crippen molar-refractivity contribution in [3.05, 3.63) is 42.2 Å². The molecule has 1 fully saturated rings. The molecule has 0 bridgehead atoms. The van der Waals surface area contributed by atoms with Crippen molar-refractivity contribution in [3.8, 4) is 17.2 Å². The van der Waals surface area contributed by atoms with E-state index < -0.39 is 29.7 Å². The molecule has 0 radical (unpaired) electrons. The van der Waals surface area contributed by atoms with Crippen LogP contribution in [0.25, 0.3) is 11.1 Å². The second-order valence-electron chi connectivity index (χ2n) is 8.14. The predicted octanol–water partition coefficient (Wildman–Crippen LogP) is 3.94. The highest BCUT2D eigenvalue weighted by molar-refractivity contribution is 5.84. The number of benzene rings is 1. The summed E-state index contributed by atoms with van der Waals surface area (Å²) in [5.41, 5.74) is 5.79. The van der Waals surface area contributed by atoms with Gasteiger partial charge in [-0.25, -0.2) is 0 Å². The Hall–Kier alpha value is -2.86. The SMILES string of the molecule is CC(C)C[C@H](N)C(=O)N([C@@H](c1ccc(-c2cn[nH]c2)cc1)C(F)(F)F)C1(C#N)CC1. The number of H-pyrrole nitrogens is 1. The lowest BCUT2D eigenvalue weighted by atomic mass is 9.96. The first-order valence-electron chi connectivity index (χ1n) is 9.75. The Morgan fingerprint density at radius 2 is 1.93 bits per heavy atom. The number of carbonyl (C=O) groups is 1. The number of hydrogen-bond acceptors (Lipinski definition) is 4. The second kappa shape index (κ2) is 8.11. The molecule has 1 aliphatic rings. The maximum Gasteiger partial charge on any atom is 0.413 e. The van der Waals surface area contributed by atoms with E-state index in [2.05, 4.69) is 10.2 Å². The summed E-state index contributed by atoms with van der Waals surface area (Å²) in [4.78, 5) is 13.8. The monoisotopic (exact) mass is 419 g/mol. The molecule has 0 aliphatic heterocycles. The molecule has 0 spiro atoms. The zero-order valence-electron chi connectivity index (χ0n) is 16.8. The Labute approximate surface area is 172 Å². The van der Waals surface area contributed by atoms with Crippen molar-refractivity contribution in [2.45, 2.75) is 56.9 Å². The van der Waals surface area contributed by atoms with E-state index in [4.69, 9.17) is 5.73 Å². The summed E-state index contributed by atoms with van der Waals surface area (Å²) in [5, 5.41) is 16.1. The van der Waals surface area contributed by atoms with Crippen LogP contribution in [-0.2, 0) is 4.79 Å². The Morgan fingerprint density at radius 3 is 2.37 bits per heavy atom. The molecule has 3 rings (SSSR count). The van der Waals surface area contributed by atoms with E-state index in [1.165, 1.54) is 12.1 Å². The van der Waals surface area contributed by atoms with Gasteiger partial charge in [0.05, 0.1) is 18.3 Å². The van der Waals surface area contributed by atoms with Crippen molar-refractivity contribution in [1.82, 2.24) is 15.1 Å². The van der Waals surface area contributed by atoms with Crippen molar-refractivity contribution in [1.29, 1.82) is 5.26 Å². The van der Waals surface area contributed by atoms with Crippen LogP contribution in [0.3, 0.4) is 0 Å². The summed E-state index contributed by atoms with van der Waals surface area (Å²) in [6.07, 6.45) is -0.942. The van der Waals surface area contributed by atoms with Crippen LogP contribution >= 0.6 is 0 Å². The van der Waals surface area contributed by atoms with Crippen LogP contribution in [0.4, 0.5) is 13.2 Å². The average molecular weight is 419 g/mol. The smallest absolute Gasteiger partial charge is 0.320 e. The summed E-state index contributed by atoms with van der Waals surface area (Å²) in [6.45, 7) is 3.68. The molecule has 0 saturated heterocycles. The molecule has 160 valence electrons. The summed E-state index contributed by atoms with van der Waals surface area (Å²) in [5.74, 6) is -0.814. The fraction of sp³-hybridized carbons (Fsp3) is 0.476.